The largest absolute Gasteiger partial charge is 0.508 e. The summed E-state index contributed by atoms with van der Waals surface area (Å²) in [7, 11) is 0. The van der Waals surface area contributed by atoms with E-state index in [0.717, 1.165) is 0 Å². The zero-order valence-corrected chi connectivity index (χ0v) is 14.7. The maximum absolute atomic E-state index is 12.4. The fraction of sp³-hybridized carbons (Fsp3) is 0.421. The summed E-state index contributed by atoms with van der Waals surface area (Å²) in [5.74, 6) is -1.21. The van der Waals surface area contributed by atoms with Crippen LogP contribution in [0.5, 0.6) is 5.75 Å². The van der Waals surface area contributed by atoms with Crippen LogP contribution in [0.3, 0.4) is 0 Å². The molecule has 2 N–H and O–H groups in total. The molecule has 7 nitrogen and oxygen atoms in total. The van der Waals surface area contributed by atoms with Gasteiger partial charge < -0.3 is 19.5 Å². The summed E-state index contributed by atoms with van der Waals surface area (Å²) >= 11 is 0. The van der Waals surface area contributed by atoms with Crippen LogP contribution in [0.25, 0.3) is 11.0 Å². The van der Waals surface area contributed by atoms with Crippen molar-refractivity contribution in [3.8, 4) is 5.75 Å². The first kappa shape index (κ1) is 18.0. The maximum Gasteiger partial charge on any atom is 0.339 e. The van der Waals surface area contributed by atoms with Gasteiger partial charge in [0.25, 0.3) is 0 Å². The summed E-state index contributed by atoms with van der Waals surface area (Å²) in [6.45, 7) is 3.88. The number of carbonyl (C=O) groups is 2. The average molecular weight is 359 g/mol. The molecule has 3 rings (SSSR count). The van der Waals surface area contributed by atoms with Crippen LogP contribution in [-0.4, -0.2) is 39.6 Å². The van der Waals surface area contributed by atoms with Crippen molar-refractivity contribution in [3.05, 3.63) is 39.2 Å². The summed E-state index contributed by atoms with van der Waals surface area (Å²) in [6, 6.07) is 2.45. The Kier molecular flexibility index (Phi) is 4.71. The minimum absolute atomic E-state index is 0.0525. The molecule has 1 aromatic carbocycles. The Labute approximate surface area is 149 Å². The van der Waals surface area contributed by atoms with Gasteiger partial charge in [-0.1, -0.05) is 0 Å². The minimum Gasteiger partial charge on any atom is -0.508 e. The van der Waals surface area contributed by atoms with Gasteiger partial charge >= 0.3 is 11.6 Å². The number of hydrogen-bond acceptors (Lipinski definition) is 5. The molecule has 2 aromatic rings. The number of fused-ring (bicyclic) bond motifs is 1. The van der Waals surface area contributed by atoms with Crippen molar-refractivity contribution in [1.29, 1.82) is 0 Å². The highest BCUT2D eigenvalue weighted by Gasteiger charge is 2.33. The molecular formula is C19H21NO6. The van der Waals surface area contributed by atoms with E-state index in [0.29, 0.717) is 47.0 Å². The number of aliphatic carboxylic acids is 1. The quantitative estimate of drug-likeness (QED) is 0.810. The molecule has 26 heavy (non-hydrogen) atoms. The zero-order valence-electron chi connectivity index (χ0n) is 14.7. The highest BCUT2D eigenvalue weighted by Crippen LogP contribution is 2.29. The van der Waals surface area contributed by atoms with E-state index in [4.69, 9.17) is 4.42 Å². The highest BCUT2D eigenvalue weighted by atomic mass is 16.4. The van der Waals surface area contributed by atoms with E-state index >= 15 is 0 Å². The smallest absolute Gasteiger partial charge is 0.339 e. The summed E-state index contributed by atoms with van der Waals surface area (Å²) < 4.78 is 5.37. The predicted octanol–water partition coefficient (Wildman–Crippen LogP) is 2.12. The molecule has 0 radical (unpaired) electrons. The Bertz CT molecular complexity index is 945. The van der Waals surface area contributed by atoms with Gasteiger partial charge in [0, 0.05) is 29.5 Å². The summed E-state index contributed by atoms with van der Waals surface area (Å²) in [5, 5.41) is 19.7. The van der Waals surface area contributed by atoms with Crippen LogP contribution in [-0.2, 0) is 16.0 Å². The van der Waals surface area contributed by atoms with Crippen molar-refractivity contribution in [2.75, 3.05) is 6.54 Å². The van der Waals surface area contributed by atoms with Crippen molar-refractivity contribution in [2.45, 2.75) is 45.6 Å². The van der Waals surface area contributed by atoms with Gasteiger partial charge in [-0.3, -0.25) is 4.79 Å². The van der Waals surface area contributed by atoms with Crippen LogP contribution >= 0.6 is 0 Å². The summed E-state index contributed by atoms with van der Waals surface area (Å²) in [5.41, 5.74) is 1.41. The first-order chi connectivity index (χ1) is 12.3. The molecule has 0 bridgehead atoms. The molecule has 1 saturated heterocycles. The van der Waals surface area contributed by atoms with E-state index in [-0.39, 0.29) is 24.5 Å². The van der Waals surface area contributed by atoms with Crippen molar-refractivity contribution >= 4 is 22.8 Å². The number of likely N-dealkylation sites (tertiary alicyclic amines) is 1. The van der Waals surface area contributed by atoms with E-state index in [9.17, 15) is 24.6 Å². The fourth-order valence-corrected chi connectivity index (χ4v) is 3.57. The van der Waals surface area contributed by atoms with Gasteiger partial charge in [0.2, 0.25) is 5.91 Å². The molecule has 7 heteroatoms. The molecule has 1 aromatic heterocycles. The lowest BCUT2D eigenvalue weighted by atomic mass is 10.00. The number of carboxylic acids is 1. The Balaban J connectivity index is 1.85. The second-order valence-corrected chi connectivity index (χ2v) is 6.66. The van der Waals surface area contributed by atoms with Crippen LogP contribution in [0, 0.1) is 13.8 Å². The van der Waals surface area contributed by atoms with Gasteiger partial charge in [-0.15, -0.1) is 0 Å². The van der Waals surface area contributed by atoms with E-state index in [1.54, 1.807) is 26.0 Å². The molecule has 0 saturated carbocycles. The number of hydrogen-bond donors (Lipinski definition) is 2. The molecule has 1 aliphatic rings. The van der Waals surface area contributed by atoms with Gasteiger partial charge in [-0.25, -0.2) is 9.59 Å². The number of rotatable bonds is 4. The number of phenolic OH excluding ortho intramolecular Hbond substituents is 1. The van der Waals surface area contributed by atoms with Gasteiger partial charge in [0.05, 0.1) is 0 Å². The lowest BCUT2D eigenvalue weighted by Crippen LogP contribution is -2.40. The third kappa shape index (κ3) is 3.05. The van der Waals surface area contributed by atoms with Gasteiger partial charge in [0.15, 0.2) is 0 Å². The number of phenols is 1. The lowest BCUT2D eigenvalue weighted by molar-refractivity contribution is -0.148. The molecule has 0 unspecified atom stereocenters. The standard InChI is InChI=1S/C19H21NO6/c1-10-12-5-7-15(21)11(2)17(12)26-19(25)13(10)6-8-16(22)20-9-3-4-14(20)18(23)24/h5,7,14,21H,3-4,6,8-9H2,1-2H3,(H,23,24)/t14-/m0/s1. The van der Waals surface area contributed by atoms with Gasteiger partial charge in [-0.05, 0) is 50.8 Å². The van der Waals surface area contributed by atoms with E-state index in [1.807, 2.05) is 0 Å². The van der Waals surface area contributed by atoms with Crippen molar-refractivity contribution in [2.24, 2.45) is 0 Å². The number of carboxylic acid groups (broad SMARTS) is 1. The van der Waals surface area contributed by atoms with E-state index < -0.39 is 17.6 Å². The van der Waals surface area contributed by atoms with Crippen molar-refractivity contribution in [3.63, 3.8) is 0 Å². The van der Waals surface area contributed by atoms with Crippen molar-refractivity contribution < 1.29 is 24.2 Å². The van der Waals surface area contributed by atoms with Crippen LogP contribution in [0.4, 0.5) is 0 Å². The van der Waals surface area contributed by atoms with Gasteiger partial charge in [0.1, 0.15) is 17.4 Å². The zero-order chi connectivity index (χ0) is 19.0. The Hall–Kier alpha value is -2.83. The number of carbonyl (C=O) groups excluding carboxylic acids is 1. The molecule has 2 heterocycles. The number of aromatic hydroxyl groups is 1. The van der Waals surface area contributed by atoms with Gasteiger partial charge in [-0.2, -0.15) is 0 Å². The third-order valence-electron chi connectivity index (χ3n) is 5.12. The molecule has 1 aliphatic heterocycles. The monoisotopic (exact) mass is 359 g/mol. The minimum atomic E-state index is -0.993. The molecule has 138 valence electrons. The molecular weight excluding hydrogens is 338 g/mol. The van der Waals surface area contributed by atoms with Crippen LogP contribution < -0.4 is 5.63 Å². The number of benzene rings is 1. The van der Waals surface area contributed by atoms with Crippen LogP contribution in [0.1, 0.15) is 36.0 Å². The molecule has 1 fully saturated rings. The van der Waals surface area contributed by atoms with E-state index in [2.05, 4.69) is 0 Å². The Morgan fingerprint density at radius 3 is 2.69 bits per heavy atom. The summed E-state index contributed by atoms with van der Waals surface area (Å²) in [4.78, 5) is 37.4. The van der Waals surface area contributed by atoms with Crippen LogP contribution in [0.2, 0.25) is 0 Å². The first-order valence-corrected chi connectivity index (χ1v) is 8.58. The van der Waals surface area contributed by atoms with Crippen LogP contribution in [0.15, 0.2) is 21.3 Å². The topological polar surface area (TPSA) is 108 Å². The second-order valence-electron chi connectivity index (χ2n) is 6.66. The van der Waals surface area contributed by atoms with Crippen molar-refractivity contribution in [1.82, 2.24) is 4.90 Å². The SMILES string of the molecule is Cc1c(CCC(=O)N2CCC[C@H]2C(=O)O)c(=O)oc2c(C)c(O)ccc12. The third-order valence-corrected chi connectivity index (χ3v) is 5.12. The second kappa shape index (κ2) is 6.82. The normalized spacial score (nSPS) is 17.0. The average Bonchev–Trinajstić information content (AvgIpc) is 3.08. The molecule has 0 aliphatic carbocycles. The summed E-state index contributed by atoms with van der Waals surface area (Å²) in [6.07, 6.45) is 1.37. The highest BCUT2D eigenvalue weighted by molar-refractivity contribution is 5.86. The maximum atomic E-state index is 12.4. The first-order valence-electron chi connectivity index (χ1n) is 8.58. The molecule has 0 spiro atoms. The number of aryl methyl sites for hydroxylation is 2. The Morgan fingerprint density at radius 2 is 2.00 bits per heavy atom. The Morgan fingerprint density at radius 1 is 1.27 bits per heavy atom. The van der Waals surface area contributed by atoms with E-state index in [1.165, 1.54) is 4.90 Å². The number of amides is 1. The molecule has 1 amide bonds. The predicted molar refractivity (Wildman–Crippen MR) is 94.3 cm³/mol. The lowest BCUT2D eigenvalue weighted by Gasteiger charge is -2.21. The molecule has 1 atom stereocenters. The fourth-order valence-electron chi connectivity index (χ4n) is 3.57. The number of nitrogens with zero attached hydrogens (tertiary/aromatic N) is 1.